The van der Waals surface area contributed by atoms with Crippen molar-refractivity contribution in [2.24, 2.45) is 39.7 Å². The van der Waals surface area contributed by atoms with E-state index in [4.69, 9.17) is 15.9 Å². The highest BCUT2D eigenvalue weighted by atomic mass is 32.2. The fourth-order valence-electron chi connectivity index (χ4n) is 6.84. The Morgan fingerprint density at radius 2 is 2.07 bits per heavy atom. The number of hydrogen-bond donors (Lipinski definition) is 3. The molecule has 8 atom stereocenters. The number of esters is 1. The summed E-state index contributed by atoms with van der Waals surface area (Å²) < 4.78 is 6.08. The molecule has 3 rings (SSSR count). The number of rotatable bonds is 4. The molecule has 168 valence electrons. The second-order valence-corrected chi connectivity index (χ2v) is 11.3. The highest BCUT2D eigenvalue weighted by molar-refractivity contribution is 8.14. The van der Waals surface area contributed by atoms with Gasteiger partial charge in [0.2, 0.25) is 0 Å². The maximum Gasteiger partial charge on any atom is 0.316 e. The summed E-state index contributed by atoms with van der Waals surface area (Å²) in [6, 6.07) is 0. The van der Waals surface area contributed by atoms with Gasteiger partial charge in [-0.05, 0) is 54.7 Å². The number of thioether (sulfide) groups is 1. The molecule has 3 fully saturated rings. The van der Waals surface area contributed by atoms with Crippen LogP contribution in [0.3, 0.4) is 0 Å². The van der Waals surface area contributed by atoms with E-state index >= 15 is 0 Å². The van der Waals surface area contributed by atoms with Crippen LogP contribution in [0.15, 0.2) is 12.7 Å². The normalized spacial score (nSPS) is 45.8. The average Bonchev–Trinajstić information content (AvgIpc) is 3.05. The molecule has 5 N–H and O–H groups in total. The predicted molar refractivity (Wildman–Crippen MR) is 118 cm³/mol. The minimum Gasteiger partial charge on any atom is -0.461 e. The van der Waals surface area contributed by atoms with Crippen LogP contribution in [0.2, 0.25) is 0 Å². The van der Waals surface area contributed by atoms with E-state index in [2.05, 4.69) is 27.4 Å². The molecule has 30 heavy (non-hydrogen) atoms. The Kier molecular flexibility index (Phi) is 6.20. The van der Waals surface area contributed by atoms with Gasteiger partial charge in [0.25, 0.3) is 5.17 Å². The summed E-state index contributed by atoms with van der Waals surface area (Å²) in [5, 5.41) is 17.1. The third kappa shape index (κ3) is 3.42. The van der Waals surface area contributed by atoms with Crippen LogP contribution in [0, 0.1) is 34.0 Å². The maximum absolute atomic E-state index is 13.3. The zero-order valence-electron chi connectivity index (χ0n) is 18.6. The van der Waals surface area contributed by atoms with Crippen LogP contribution >= 0.6 is 11.8 Å². The summed E-state index contributed by atoms with van der Waals surface area (Å²) in [5.74, 6) is -0.169. The summed E-state index contributed by atoms with van der Waals surface area (Å²) in [7, 11) is 0. The molecular formula is C23H37N2O4S+. The van der Waals surface area contributed by atoms with Crippen molar-refractivity contribution in [3.63, 3.8) is 0 Å². The monoisotopic (exact) mass is 437 g/mol. The second kappa shape index (κ2) is 7.97. The lowest BCUT2D eigenvalue weighted by Crippen LogP contribution is -2.63. The Hall–Kier alpha value is -1.34. The van der Waals surface area contributed by atoms with Crippen LogP contribution < -0.4 is 11.1 Å². The molecule has 0 radical (unpaired) electrons. The van der Waals surface area contributed by atoms with Crippen molar-refractivity contribution in [2.75, 3.05) is 5.75 Å². The molecule has 6 nitrogen and oxygen atoms in total. The standard InChI is InChI=1S/C23H36N2O4S/c1-6-21(4)11-16(29-17(27)12-30-20(24)25)22(5)13(2)7-9-23(14(3)19(21)28)10-8-15(26)18(22)23/h6,13-14,16,18-19,28H,1,7-12H2,2-5H3,(H3,24,25)/p+1/t13?,14-,16+,18-,19-,21+,22-,23-/m0/s1. The topological polar surface area (TPSA) is 115 Å². The lowest BCUT2D eigenvalue weighted by atomic mass is 9.44. The number of ether oxygens (including phenoxy) is 1. The first-order chi connectivity index (χ1) is 13.9. The first-order valence-electron chi connectivity index (χ1n) is 11.0. The van der Waals surface area contributed by atoms with Crippen molar-refractivity contribution in [1.29, 1.82) is 0 Å². The van der Waals surface area contributed by atoms with E-state index in [1.165, 1.54) is 0 Å². The predicted octanol–water partition coefficient (Wildman–Crippen LogP) is 1.70. The van der Waals surface area contributed by atoms with Gasteiger partial charge in [0.1, 0.15) is 17.6 Å². The van der Waals surface area contributed by atoms with Gasteiger partial charge in [-0.15, -0.1) is 6.58 Å². The number of carbonyl (C=O) groups is 2. The van der Waals surface area contributed by atoms with Crippen LogP contribution in [0.1, 0.15) is 59.8 Å². The number of Topliss-reactive ketones (excluding diaryl/α,β-unsaturated/α-hetero) is 1. The molecule has 2 bridgehead atoms. The molecule has 1 unspecified atom stereocenters. The highest BCUT2D eigenvalue weighted by Gasteiger charge is 2.68. The van der Waals surface area contributed by atoms with Crippen molar-refractivity contribution in [2.45, 2.75) is 72.0 Å². The molecule has 7 heteroatoms. The Morgan fingerprint density at radius 3 is 2.67 bits per heavy atom. The molecule has 3 saturated carbocycles. The van der Waals surface area contributed by atoms with Crippen molar-refractivity contribution >= 4 is 28.7 Å². The number of aliphatic hydroxyl groups is 1. The molecule has 0 heterocycles. The Labute approximate surface area is 183 Å². The van der Waals surface area contributed by atoms with E-state index in [0.29, 0.717) is 12.8 Å². The van der Waals surface area contributed by atoms with Crippen LogP contribution in [0.5, 0.6) is 0 Å². The van der Waals surface area contributed by atoms with Gasteiger partial charge in [-0.3, -0.25) is 20.7 Å². The second-order valence-electron chi connectivity index (χ2n) is 10.3. The Balaban J connectivity index is 2.10. The van der Waals surface area contributed by atoms with Crippen LogP contribution in [0.4, 0.5) is 0 Å². The summed E-state index contributed by atoms with van der Waals surface area (Å²) in [4.78, 5) is 26.0. The molecule has 0 aliphatic heterocycles. The van der Waals surface area contributed by atoms with E-state index in [0.717, 1.165) is 31.0 Å². The molecule has 0 spiro atoms. The lowest BCUT2D eigenvalue weighted by molar-refractivity contribution is -0.205. The molecular weight excluding hydrogens is 400 g/mol. The molecule has 0 saturated heterocycles. The van der Waals surface area contributed by atoms with Crippen molar-refractivity contribution in [3.8, 4) is 0 Å². The fraction of sp³-hybridized carbons (Fsp3) is 0.783. The van der Waals surface area contributed by atoms with Crippen LogP contribution in [0.25, 0.3) is 0 Å². The summed E-state index contributed by atoms with van der Waals surface area (Å²) in [6.07, 6.45) is 4.26. The Bertz CT molecular complexity index is 757. The van der Waals surface area contributed by atoms with Crippen LogP contribution in [-0.2, 0) is 14.3 Å². The van der Waals surface area contributed by atoms with E-state index in [-0.39, 0.29) is 39.9 Å². The van der Waals surface area contributed by atoms with Crippen molar-refractivity contribution < 1.29 is 24.8 Å². The summed E-state index contributed by atoms with van der Waals surface area (Å²) in [5.41, 5.74) is 4.10. The van der Waals surface area contributed by atoms with Crippen molar-refractivity contribution in [1.82, 2.24) is 0 Å². The van der Waals surface area contributed by atoms with Gasteiger partial charge in [0.05, 0.1) is 6.10 Å². The zero-order chi connectivity index (χ0) is 22.5. The molecule has 3 aliphatic carbocycles. The number of nitrogens with two attached hydrogens (primary N) is 2. The first-order valence-corrected chi connectivity index (χ1v) is 12.0. The van der Waals surface area contributed by atoms with E-state index in [1.807, 2.05) is 6.92 Å². The van der Waals surface area contributed by atoms with E-state index in [1.54, 1.807) is 6.08 Å². The third-order valence-corrected chi connectivity index (χ3v) is 9.65. The van der Waals surface area contributed by atoms with Gasteiger partial charge in [0.15, 0.2) is 0 Å². The van der Waals surface area contributed by atoms with Gasteiger partial charge in [-0.25, -0.2) is 0 Å². The van der Waals surface area contributed by atoms with Gasteiger partial charge in [-0.2, -0.15) is 0 Å². The lowest BCUT2D eigenvalue weighted by Gasteiger charge is -2.61. The van der Waals surface area contributed by atoms with Gasteiger partial charge < -0.3 is 9.84 Å². The molecule has 0 aromatic carbocycles. The van der Waals surface area contributed by atoms with Crippen molar-refractivity contribution in [3.05, 3.63) is 12.7 Å². The van der Waals surface area contributed by atoms with Gasteiger partial charge in [-0.1, -0.05) is 33.8 Å². The number of ketones is 1. The van der Waals surface area contributed by atoms with E-state index in [9.17, 15) is 14.7 Å². The number of aliphatic hydroxyl groups excluding tert-OH is 1. The zero-order valence-corrected chi connectivity index (χ0v) is 19.5. The molecule has 0 amide bonds. The van der Waals surface area contributed by atoms with E-state index < -0.39 is 29.0 Å². The third-order valence-electron chi connectivity index (χ3n) is 8.93. The molecule has 3 aliphatic rings. The number of carbonyl (C=O) groups excluding carboxylic acids is 2. The minimum atomic E-state index is -0.662. The highest BCUT2D eigenvalue weighted by Crippen LogP contribution is 2.67. The molecule has 0 aromatic rings. The number of amidine groups is 1. The minimum absolute atomic E-state index is 0.0246. The SMILES string of the molecule is C=C[C@]1(C)C[C@@H](OC(=O)CSC(N)=[NH2+])[C@]2(C)C(C)CC[C@]3(CCC(=O)[C@H]32)[C@@H](C)[C@@H]1O. The maximum atomic E-state index is 13.3. The molecule has 0 aromatic heterocycles. The van der Waals surface area contributed by atoms with Gasteiger partial charge >= 0.3 is 5.97 Å². The van der Waals surface area contributed by atoms with Crippen LogP contribution in [-0.4, -0.2) is 40.0 Å². The summed E-state index contributed by atoms with van der Waals surface area (Å²) >= 11 is 1.05. The smallest absolute Gasteiger partial charge is 0.316 e. The quantitative estimate of drug-likeness (QED) is 0.267. The first kappa shape index (κ1) is 23.3. The van der Waals surface area contributed by atoms with Gasteiger partial charge in [0, 0.05) is 23.2 Å². The average molecular weight is 438 g/mol. The largest absolute Gasteiger partial charge is 0.461 e. The fourth-order valence-corrected chi connectivity index (χ4v) is 7.19. The Morgan fingerprint density at radius 1 is 1.40 bits per heavy atom. The summed E-state index contributed by atoms with van der Waals surface area (Å²) in [6.45, 7) is 12.4. The number of hydrogen-bond acceptors (Lipinski definition) is 5.